The van der Waals surface area contributed by atoms with E-state index in [1.807, 2.05) is 25.7 Å². The molecule has 19 heavy (non-hydrogen) atoms. The lowest BCUT2D eigenvalue weighted by Gasteiger charge is -2.32. The van der Waals surface area contributed by atoms with Crippen LogP contribution in [-0.2, 0) is 4.74 Å². The van der Waals surface area contributed by atoms with Crippen molar-refractivity contribution in [2.45, 2.75) is 64.6 Å². The SMILES string of the molecule is CC(NCCCO)C1CCCN1C(=O)OC(C)(C)C. The molecule has 0 bridgehead atoms. The molecule has 1 aliphatic rings. The zero-order valence-corrected chi connectivity index (χ0v) is 12.6. The van der Waals surface area contributed by atoms with E-state index in [9.17, 15) is 4.79 Å². The zero-order valence-electron chi connectivity index (χ0n) is 12.6. The highest BCUT2D eigenvalue weighted by atomic mass is 16.6. The molecule has 1 amide bonds. The minimum atomic E-state index is -0.447. The van der Waals surface area contributed by atoms with Crippen molar-refractivity contribution in [2.24, 2.45) is 0 Å². The van der Waals surface area contributed by atoms with Gasteiger partial charge in [0.25, 0.3) is 0 Å². The molecule has 1 aliphatic heterocycles. The quantitative estimate of drug-likeness (QED) is 0.749. The molecule has 1 rings (SSSR count). The predicted octanol–water partition coefficient (Wildman–Crippen LogP) is 1.75. The molecular formula is C14H28N2O3. The van der Waals surface area contributed by atoms with Crippen LogP contribution in [0.2, 0.25) is 0 Å². The average Bonchev–Trinajstić information content (AvgIpc) is 2.75. The van der Waals surface area contributed by atoms with Gasteiger partial charge in [0.15, 0.2) is 0 Å². The van der Waals surface area contributed by atoms with Crippen LogP contribution < -0.4 is 5.32 Å². The Kier molecular flexibility index (Phi) is 6.07. The fourth-order valence-electron chi connectivity index (χ4n) is 2.40. The first-order valence-electron chi connectivity index (χ1n) is 7.19. The number of aliphatic hydroxyl groups excluding tert-OH is 1. The molecule has 0 aliphatic carbocycles. The maximum atomic E-state index is 12.1. The number of hydrogen-bond donors (Lipinski definition) is 2. The fraction of sp³-hybridized carbons (Fsp3) is 0.929. The summed E-state index contributed by atoms with van der Waals surface area (Å²) in [6, 6.07) is 0.412. The van der Waals surface area contributed by atoms with E-state index in [0.717, 1.165) is 32.4 Å². The molecule has 2 atom stereocenters. The summed E-state index contributed by atoms with van der Waals surface area (Å²) in [5.74, 6) is 0. The number of carbonyl (C=O) groups is 1. The lowest BCUT2D eigenvalue weighted by Crippen LogP contribution is -2.49. The van der Waals surface area contributed by atoms with Crippen molar-refractivity contribution < 1.29 is 14.6 Å². The molecule has 1 saturated heterocycles. The Bertz CT molecular complexity index is 289. The zero-order chi connectivity index (χ0) is 14.5. The minimum absolute atomic E-state index is 0.188. The van der Waals surface area contributed by atoms with Gasteiger partial charge in [-0.1, -0.05) is 0 Å². The van der Waals surface area contributed by atoms with E-state index < -0.39 is 5.60 Å². The van der Waals surface area contributed by atoms with Gasteiger partial charge in [0.2, 0.25) is 0 Å². The van der Waals surface area contributed by atoms with Gasteiger partial charge in [0, 0.05) is 19.2 Å². The van der Waals surface area contributed by atoms with Crippen LogP contribution in [-0.4, -0.2) is 53.5 Å². The highest BCUT2D eigenvalue weighted by molar-refractivity contribution is 5.69. The molecular weight excluding hydrogens is 244 g/mol. The van der Waals surface area contributed by atoms with Gasteiger partial charge in [-0.2, -0.15) is 0 Å². The summed E-state index contributed by atoms with van der Waals surface area (Å²) in [7, 11) is 0. The number of carbonyl (C=O) groups excluding carboxylic acids is 1. The third kappa shape index (κ3) is 5.37. The van der Waals surface area contributed by atoms with Crippen LogP contribution in [0.25, 0.3) is 0 Å². The number of hydrogen-bond acceptors (Lipinski definition) is 4. The van der Waals surface area contributed by atoms with E-state index in [1.54, 1.807) is 0 Å². The smallest absolute Gasteiger partial charge is 0.410 e. The molecule has 0 radical (unpaired) electrons. The van der Waals surface area contributed by atoms with E-state index in [1.165, 1.54) is 0 Å². The van der Waals surface area contributed by atoms with Gasteiger partial charge >= 0.3 is 6.09 Å². The van der Waals surface area contributed by atoms with Gasteiger partial charge in [-0.05, 0) is 53.5 Å². The minimum Gasteiger partial charge on any atom is -0.444 e. The van der Waals surface area contributed by atoms with Gasteiger partial charge < -0.3 is 20.1 Å². The average molecular weight is 272 g/mol. The normalized spacial score (nSPS) is 21.5. The van der Waals surface area contributed by atoms with Crippen LogP contribution in [0.5, 0.6) is 0 Å². The van der Waals surface area contributed by atoms with Crippen LogP contribution >= 0.6 is 0 Å². The highest BCUT2D eigenvalue weighted by Gasteiger charge is 2.34. The Morgan fingerprint density at radius 2 is 2.21 bits per heavy atom. The standard InChI is InChI=1S/C14H28N2O3/c1-11(15-8-6-10-17)12-7-5-9-16(12)13(18)19-14(2,3)4/h11-12,15,17H,5-10H2,1-4H3. The van der Waals surface area contributed by atoms with Crippen molar-refractivity contribution in [3.63, 3.8) is 0 Å². The van der Waals surface area contributed by atoms with E-state index in [4.69, 9.17) is 9.84 Å². The van der Waals surface area contributed by atoms with E-state index in [2.05, 4.69) is 12.2 Å². The third-order valence-electron chi connectivity index (χ3n) is 3.31. The summed E-state index contributed by atoms with van der Waals surface area (Å²) in [5.41, 5.74) is -0.447. The largest absolute Gasteiger partial charge is 0.444 e. The first-order valence-corrected chi connectivity index (χ1v) is 7.19. The Morgan fingerprint density at radius 1 is 1.53 bits per heavy atom. The Labute approximate surface area is 116 Å². The third-order valence-corrected chi connectivity index (χ3v) is 3.31. The molecule has 2 unspecified atom stereocenters. The maximum absolute atomic E-state index is 12.1. The summed E-state index contributed by atoms with van der Waals surface area (Å²) >= 11 is 0. The van der Waals surface area contributed by atoms with Crippen molar-refractivity contribution in [1.29, 1.82) is 0 Å². The Morgan fingerprint density at radius 3 is 2.79 bits per heavy atom. The molecule has 0 aromatic rings. The Balaban J connectivity index is 2.51. The molecule has 0 spiro atoms. The molecule has 5 heteroatoms. The van der Waals surface area contributed by atoms with Crippen LogP contribution in [0.4, 0.5) is 4.79 Å². The van der Waals surface area contributed by atoms with Crippen molar-refractivity contribution >= 4 is 6.09 Å². The lowest BCUT2D eigenvalue weighted by molar-refractivity contribution is 0.0200. The molecule has 1 heterocycles. The van der Waals surface area contributed by atoms with E-state index in [0.29, 0.717) is 0 Å². The number of likely N-dealkylation sites (tertiary alicyclic amines) is 1. The first kappa shape index (κ1) is 16.2. The summed E-state index contributed by atoms with van der Waals surface area (Å²) in [4.78, 5) is 14.0. The predicted molar refractivity (Wildman–Crippen MR) is 75.1 cm³/mol. The van der Waals surface area contributed by atoms with Crippen molar-refractivity contribution in [2.75, 3.05) is 19.7 Å². The number of amides is 1. The number of nitrogens with zero attached hydrogens (tertiary/aromatic N) is 1. The fourth-order valence-corrected chi connectivity index (χ4v) is 2.40. The van der Waals surface area contributed by atoms with Gasteiger partial charge in [-0.25, -0.2) is 4.79 Å². The monoisotopic (exact) mass is 272 g/mol. The molecule has 0 aromatic carbocycles. The lowest BCUT2D eigenvalue weighted by atomic mass is 10.1. The maximum Gasteiger partial charge on any atom is 0.410 e. The summed E-state index contributed by atoms with van der Waals surface area (Å²) < 4.78 is 5.45. The van der Waals surface area contributed by atoms with Crippen LogP contribution in [0, 0.1) is 0 Å². The summed E-state index contributed by atoms with van der Waals surface area (Å²) in [6.07, 6.45) is 2.55. The number of rotatable bonds is 5. The van der Waals surface area contributed by atoms with Crippen LogP contribution in [0.15, 0.2) is 0 Å². The second-order valence-corrected chi connectivity index (χ2v) is 6.20. The molecule has 5 nitrogen and oxygen atoms in total. The number of ether oxygens (including phenoxy) is 1. The van der Waals surface area contributed by atoms with Crippen LogP contribution in [0.3, 0.4) is 0 Å². The molecule has 2 N–H and O–H groups in total. The van der Waals surface area contributed by atoms with Crippen molar-refractivity contribution in [3.05, 3.63) is 0 Å². The second-order valence-electron chi connectivity index (χ2n) is 6.20. The van der Waals surface area contributed by atoms with E-state index in [-0.39, 0.29) is 24.8 Å². The van der Waals surface area contributed by atoms with Crippen LogP contribution in [0.1, 0.15) is 47.0 Å². The molecule has 0 saturated carbocycles. The molecule has 1 fully saturated rings. The number of nitrogens with one attached hydrogen (secondary N) is 1. The second kappa shape index (κ2) is 7.10. The number of aliphatic hydroxyl groups is 1. The van der Waals surface area contributed by atoms with Gasteiger partial charge in [-0.3, -0.25) is 0 Å². The van der Waals surface area contributed by atoms with Gasteiger partial charge in [0.05, 0.1) is 6.04 Å². The van der Waals surface area contributed by atoms with Crippen molar-refractivity contribution in [1.82, 2.24) is 10.2 Å². The summed E-state index contributed by atoms with van der Waals surface area (Å²) in [6.45, 7) is 9.49. The molecule has 0 aromatic heterocycles. The van der Waals surface area contributed by atoms with Gasteiger partial charge in [-0.15, -0.1) is 0 Å². The topological polar surface area (TPSA) is 61.8 Å². The first-order chi connectivity index (χ1) is 8.85. The van der Waals surface area contributed by atoms with Gasteiger partial charge in [0.1, 0.15) is 5.60 Å². The highest BCUT2D eigenvalue weighted by Crippen LogP contribution is 2.23. The van der Waals surface area contributed by atoms with Crippen molar-refractivity contribution in [3.8, 4) is 0 Å². The summed E-state index contributed by atoms with van der Waals surface area (Å²) in [5, 5.41) is 12.2. The Hall–Kier alpha value is -0.810. The van der Waals surface area contributed by atoms with E-state index >= 15 is 0 Å². The molecule has 112 valence electrons.